The first kappa shape index (κ1) is 15.0. The van der Waals surface area contributed by atoms with Gasteiger partial charge in [0.25, 0.3) is 0 Å². The Morgan fingerprint density at radius 1 is 0.909 bits per heavy atom. The van der Waals surface area contributed by atoms with Crippen LogP contribution in [0.25, 0.3) is 0 Å². The zero-order valence-electron chi connectivity index (χ0n) is 16.2. The lowest BCUT2D eigenvalue weighted by atomic mass is 10.0. The van der Waals surface area contributed by atoms with Gasteiger partial charge in [-0.2, -0.15) is 0 Å². The van der Waals surface area contributed by atoms with Crippen LogP contribution in [0.5, 0.6) is 0 Å². The van der Waals surface area contributed by atoms with E-state index < -0.39 is 12.8 Å². The van der Waals surface area contributed by atoms with Crippen LogP contribution in [0.4, 0.5) is 0 Å². The van der Waals surface area contributed by atoms with E-state index in [1.807, 2.05) is 65.8 Å². The van der Waals surface area contributed by atoms with E-state index in [0.717, 1.165) is 33.4 Å². The number of aliphatic hydroxyl groups is 1. The molecule has 0 heterocycles. The Hall–Kier alpha value is -1.93. The molecule has 2 aromatic rings. The van der Waals surface area contributed by atoms with Crippen LogP contribution in [0, 0.1) is 41.5 Å². The van der Waals surface area contributed by atoms with Gasteiger partial charge in [0.2, 0.25) is 0 Å². The quantitative estimate of drug-likeness (QED) is 0.827. The topological polar surface area (TPSA) is 37.3 Å². The van der Waals surface area contributed by atoms with Crippen molar-refractivity contribution in [3.8, 4) is 0 Å². The van der Waals surface area contributed by atoms with E-state index in [0.29, 0.717) is 5.56 Å². The number of benzene rings is 2. The summed E-state index contributed by atoms with van der Waals surface area (Å²) in [6.07, 6.45) is -0.593. The molecule has 0 fully saturated rings. The van der Waals surface area contributed by atoms with E-state index in [1.54, 1.807) is 0 Å². The molecule has 22 heavy (non-hydrogen) atoms. The number of carbonyl (C=O) groups excluding carboxylic acids is 1. The van der Waals surface area contributed by atoms with Gasteiger partial charge in [0.15, 0.2) is 6.26 Å². The molecule has 0 aliphatic heterocycles. The van der Waals surface area contributed by atoms with Gasteiger partial charge in [-0.05, 0) is 69.4 Å². The molecule has 1 atom stereocenters. The second kappa shape index (κ2) is 7.90. The number of aldehydes is 1. The zero-order chi connectivity index (χ0) is 18.6. The van der Waals surface area contributed by atoms with Crippen LogP contribution in [-0.4, -0.2) is 11.4 Å². The van der Waals surface area contributed by atoms with Gasteiger partial charge in [-0.1, -0.05) is 35.4 Å². The lowest BCUT2D eigenvalue weighted by Crippen LogP contribution is -1.93. The van der Waals surface area contributed by atoms with E-state index in [2.05, 4.69) is 0 Å². The Morgan fingerprint density at radius 3 is 1.59 bits per heavy atom. The molecule has 118 valence electrons. The van der Waals surface area contributed by atoms with Gasteiger partial charge < -0.3 is 5.11 Å². The minimum absolute atomic E-state index is 0.542. The molecule has 0 radical (unpaired) electrons. The first-order valence-corrected chi connectivity index (χ1v) is 7.31. The molecule has 2 heteroatoms. The van der Waals surface area contributed by atoms with Gasteiger partial charge in [-0.15, -0.1) is 0 Å². The highest BCUT2D eigenvalue weighted by atomic mass is 16.3. The van der Waals surface area contributed by atoms with Gasteiger partial charge in [-0.25, -0.2) is 0 Å². The SMILES string of the molecule is [2H]C(=O)c1c(C)cc(C)cc1C.[2H][C@H](O)c1c(C)cc(C)cc1C. The number of rotatable bonds is 2. The summed E-state index contributed by atoms with van der Waals surface area (Å²) in [5.74, 6) is 0. The summed E-state index contributed by atoms with van der Waals surface area (Å²) >= 11 is 0. The van der Waals surface area contributed by atoms with Gasteiger partial charge in [0.1, 0.15) is 1.37 Å². The molecule has 2 aromatic carbocycles. The second-order valence-corrected chi connectivity index (χ2v) is 5.82. The van der Waals surface area contributed by atoms with Crippen molar-refractivity contribution < 1.29 is 12.6 Å². The van der Waals surface area contributed by atoms with Crippen LogP contribution in [0.1, 0.15) is 52.0 Å². The van der Waals surface area contributed by atoms with Gasteiger partial charge in [0, 0.05) is 5.56 Å². The summed E-state index contributed by atoms with van der Waals surface area (Å²) in [5.41, 5.74) is 7.37. The Labute approximate surface area is 136 Å². The van der Waals surface area contributed by atoms with Crippen molar-refractivity contribution in [2.45, 2.75) is 48.1 Å². The number of aryl methyl sites for hydroxylation is 6. The molecular formula is C20H26O2. The van der Waals surface area contributed by atoms with Gasteiger partial charge in [-0.3, -0.25) is 4.79 Å². The maximum Gasteiger partial charge on any atom is 0.150 e. The summed E-state index contributed by atoms with van der Waals surface area (Å²) in [6.45, 7) is 10.5. The number of carbonyl (C=O) groups is 1. The Balaban J connectivity index is 0.000000240. The largest absolute Gasteiger partial charge is 0.392 e. The van der Waals surface area contributed by atoms with E-state index >= 15 is 0 Å². The summed E-state index contributed by atoms with van der Waals surface area (Å²) in [5, 5.41) is 9.14. The van der Waals surface area contributed by atoms with E-state index in [-0.39, 0.29) is 0 Å². The number of hydrogen-bond acceptors (Lipinski definition) is 2. The zero-order valence-corrected chi connectivity index (χ0v) is 14.2. The van der Waals surface area contributed by atoms with Crippen molar-refractivity contribution in [1.82, 2.24) is 0 Å². The smallest absolute Gasteiger partial charge is 0.150 e. The summed E-state index contributed by atoms with van der Waals surface area (Å²) in [4.78, 5) is 10.9. The van der Waals surface area contributed by atoms with E-state index in [4.69, 9.17) is 7.85 Å². The minimum atomic E-state index is -1.11. The van der Waals surface area contributed by atoms with Crippen molar-refractivity contribution in [3.05, 3.63) is 68.8 Å². The molecule has 0 amide bonds. The normalized spacial score (nSPS) is 12.7. The van der Waals surface area contributed by atoms with E-state index in [1.165, 1.54) is 5.56 Å². The van der Waals surface area contributed by atoms with Crippen LogP contribution in [0.3, 0.4) is 0 Å². The number of hydrogen-bond donors (Lipinski definition) is 1. The Morgan fingerprint density at radius 2 is 1.27 bits per heavy atom. The Kier molecular flexibility index (Phi) is 5.38. The lowest BCUT2D eigenvalue weighted by molar-refractivity contribution is 0.112. The fourth-order valence-corrected chi connectivity index (χ4v) is 2.74. The lowest BCUT2D eigenvalue weighted by Gasteiger charge is -2.07. The van der Waals surface area contributed by atoms with Crippen LogP contribution in [0.15, 0.2) is 24.3 Å². The molecule has 0 aliphatic carbocycles. The number of aliphatic hydroxyl groups excluding tert-OH is 1. The maximum absolute atomic E-state index is 10.9. The van der Waals surface area contributed by atoms with Crippen LogP contribution in [0.2, 0.25) is 0 Å². The first-order valence-electron chi connectivity index (χ1n) is 8.39. The van der Waals surface area contributed by atoms with Crippen molar-refractivity contribution >= 4 is 6.26 Å². The van der Waals surface area contributed by atoms with Crippen molar-refractivity contribution in [2.75, 3.05) is 0 Å². The average Bonchev–Trinajstić information content (AvgIpc) is 2.35. The standard InChI is InChI=1S/C10H14O.C10H12O/c2*1-7-4-8(2)10(6-11)9(3)5-7/h4-5,11H,6H2,1-3H3;4-6H,1-3H3/i2*6D/t6-;/m0./s1. The minimum Gasteiger partial charge on any atom is -0.392 e. The predicted molar refractivity (Wildman–Crippen MR) is 92.6 cm³/mol. The molecule has 2 rings (SSSR count). The van der Waals surface area contributed by atoms with Crippen molar-refractivity contribution in [3.63, 3.8) is 0 Å². The fourth-order valence-electron chi connectivity index (χ4n) is 2.74. The monoisotopic (exact) mass is 300 g/mol. The third kappa shape index (κ3) is 4.54. The predicted octanol–water partition coefficient (Wildman–Crippen LogP) is 4.53. The van der Waals surface area contributed by atoms with Crippen LogP contribution in [-0.2, 0) is 6.58 Å². The molecule has 0 saturated carbocycles. The molecule has 1 N–H and O–H groups in total. The highest BCUT2D eigenvalue weighted by Crippen LogP contribution is 2.15. The second-order valence-electron chi connectivity index (χ2n) is 5.82. The average molecular weight is 300 g/mol. The summed E-state index contributed by atoms with van der Waals surface area (Å²) in [7, 11) is 0. The molecule has 2 nitrogen and oxygen atoms in total. The van der Waals surface area contributed by atoms with E-state index in [9.17, 15) is 4.79 Å². The van der Waals surface area contributed by atoms with Crippen molar-refractivity contribution in [1.29, 1.82) is 0 Å². The van der Waals surface area contributed by atoms with Crippen LogP contribution >= 0.6 is 0 Å². The molecule has 0 saturated heterocycles. The third-order valence-electron chi connectivity index (χ3n) is 3.65. The first-order chi connectivity index (χ1) is 11.0. The molecule has 0 aromatic heterocycles. The summed E-state index contributed by atoms with van der Waals surface area (Å²) in [6, 6.07) is 7.82. The van der Waals surface area contributed by atoms with Crippen LogP contribution < -0.4 is 0 Å². The molecular weight excluding hydrogens is 272 g/mol. The van der Waals surface area contributed by atoms with Gasteiger partial charge >= 0.3 is 0 Å². The molecule has 0 aliphatic rings. The third-order valence-corrected chi connectivity index (χ3v) is 3.65. The fraction of sp³-hybridized carbons (Fsp3) is 0.350. The maximum atomic E-state index is 10.9. The molecule has 0 bridgehead atoms. The summed E-state index contributed by atoms with van der Waals surface area (Å²) < 4.78 is 14.3. The highest BCUT2D eigenvalue weighted by Gasteiger charge is 2.01. The molecule has 0 unspecified atom stereocenters. The van der Waals surface area contributed by atoms with Crippen molar-refractivity contribution in [2.24, 2.45) is 0 Å². The Bertz CT molecular complexity index is 703. The molecule has 0 spiro atoms. The van der Waals surface area contributed by atoms with Gasteiger partial charge in [0.05, 0.1) is 7.95 Å². The highest BCUT2D eigenvalue weighted by molar-refractivity contribution is 5.79.